The van der Waals surface area contributed by atoms with E-state index in [2.05, 4.69) is 0 Å². The molecule has 8 heteroatoms. The summed E-state index contributed by atoms with van der Waals surface area (Å²) in [6, 6.07) is 0. The van der Waals surface area contributed by atoms with Crippen molar-refractivity contribution in [1.29, 1.82) is 0 Å². The van der Waals surface area contributed by atoms with Gasteiger partial charge in [0.2, 0.25) is 0 Å². The Bertz CT molecular complexity index is 466. The van der Waals surface area contributed by atoms with Gasteiger partial charge >= 0.3 is 0 Å². The van der Waals surface area contributed by atoms with Crippen molar-refractivity contribution in [2.75, 3.05) is 0 Å². The zero-order chi connectivity index (χ0) is 12.7. The molecule has 0 heterocycles. The SMILES string of the molecule is CCC1=C(F)C(F)=C(S(=O)(=O)O)C(F)C1F. The second kappa shape index (κ2) is 4.17. The van der Waals surface area contributed by atoms with E-state index in [0.717, 1.165) is 0 Å². The van der Waals surface area contributed by atoms with Crippen LogP contribution in [0.2, 0.25) is 0 Å². The van der Waals surface area contributed by atoms with E-state index in [0.29, 0.717) is 0 Å². The average Bonchev–Trinajstić information content (AvgIpc) is 2.14. The Labute approximate surface area is 89.2 Å². The highest BCUT2D eigenvalue weighted by molar-refractivity contribution is 7.89. The maximum absolute atomic E-state index is 13.2. The molecule has 0 aromatic carbocycles. The molecule has 0 amide bonds. The first-order valence-corrected chi connectivity index (χ1v) is 5.70. The summed E-state index contributed by atoms with van der Waals surface area (Å²) in [5.41, 5.74) is -0.794. The minimum absolute atomic E-state index is 0.306. The third-order valence-corrected chi connectivity index (χ3v) is 3.15. The Morgan fingerprint density at radius 2 is 1.69 bits per heavy atom. The Hall–Kier alpha value is -0.890. The molecule has 3 nitrogen and oxygen atoms in total. The van der Waals surface area contributed by atoms with Crippen LogP contribution in [0.25, 0.3) is 0 Å². The summed E-state index contributed by atoms with van der Waals surface area (Å²) in [6.07, 6.45) is -5.84. The van der Waals surface area contributed by atoms with E-state index < -0.39 is 44.6 Å². The van der Waals surface area contributed by atoms with Crippen LogP contribution in [0.15, 0.2) is 22.1 Å². The lowest BCUT2D eigenvalue weighted by molar-refractivity contribution is 0.212. The van der Waals surface area contributed by atoms with Gasteiger partial charge in [-0.15, -0.1) is 0 Å². The molecule has 0 aromatic rings. The molecule has 1 aliphatic rings. The van der Waals surface area contributed by atoms with Crippen molar-refractivity contribution in [2.24, 2.45) is 0 Å². The second-order valence-electron chi connectivity index (χ2n) is 3.15. The summed E-state index contributed by atoms with van der Waals surface area (Å²) in [5.74, 6) is -3.84. The Balaban J connectivity index is 3.49. The largest absolute Gasteiger partial charge is 0.296 e. The number of alkyl halides is 2. The van der Waals surface area contributed by atoms with E-state index in [1.54, 1.807) is 0 Å². The molecule has 0 bridgehead atoms. The molecule has 0 aliphatic heterocycles. The van der Waals surface area contributed by atoms with Crippen LogP contribution < -0.4 is 0 Å². The van der Waals surface area contributed by atoms with Gasteiger partial charge in [-0.3, -0.25) is 4.55 Å². The van der Waals surface area contributed by atoms with Crippen molar-refractivity contribution in [3.05, 3.63) is 22.1 Å². The summed E-state index contributed by atoms with van der Waals surface area (Å²) in [6.45, 7) is 1.26. The first-order chi connectivity index (χ1) is 7.21. The lowest BCUT2D eigenvalue weighted by atomic mass is 9.97. The number of allylic oxidation sites excluding steroid dienone is 4. The predicted octanol–water partition coefficient (Wildman–Crippen LogP) is 2.38. The van der Waals surface area contributed by atoms with E-state index in [1.807, 2.05) is 0 Å². The molecule has 0 radical (unpaired) electrons. The van der Waals surface area contributed by atoms with Gasteiger partial charge in [0.15, 0.2) is 24.0 Å². The highest BCUT2D eigenvalue weighted by Gasteiger charge is 2.43. The zero-order valence-corrected chi connectivity index (χ0v) is 8.86. The number of hydrogen-bond donors (Lipinski definition) is 1. The van der Waals surface area contributed by atoms with Crippen molar-refractivity contribution in [2.45, 2.75) is 25.7 Å². The molecule has 1 aliphatic carbocycles. The number of rotatable bonds is 2. The average molecular weight is 260 g/mol. The maximum Gasteiger partial charge on any atom is 0.296 e. The van der Waals surface area contributed by atoms with Crippen LogP contribution in [0.4, 0.5) is 17.6 Å². The Kier molecular flexibility index (Phi) is 3.44. The molecule has 0 spiro atoms. The lowest BCUT2D eigenvalue weighted by Gasteiger charge is -2.22. The van der Waals surface area contributed by atoms with Crippen LogP contribution in [-0.4, -0.2) is 25.3 Å². The molecule has 16 heavy (non-hydrogen) atoms. The summed E-state index contributed by atoms with van der Waals surface area (Å²) in [5, 5.41) is 0. The van der Waals surface area contributed by atoms with Gasteiger partial charge in [-0.2, -0.15) is 8.42 Å². The molecule has 0 fully saturated rings. The molecule has 2 atom stereocenters. The van der Waals surface area contributed by atoms with E-state index in [-0.39, 0.29) is 6.42 Å². The molecular weight excluding hydrogens is 252 g/mol. The third-order valence-electron chi connectivity index (χ3n) is 2.19. The van der Waals surface area contributed by atoms with Crippen molar-refractivity contribution in [3.63, 3.8) is 0 Å². The van der Waals surface area contributed by atoms with Crippen molar-refractivity contribution in [1.82, 2.24) is 0 Å². The number of hydrogen-bond acceptors (Lipinski definition) is 2. The molecule has 92 valence electrons. The van der Waals surface area contributed by atoms with Crippen LogP contribution in [0.5, 0.6) is 0 Å². The first-order valence-electron chi connectivity index (χ1n) is 4.26. The van der Waals surface area contributed by atoms with E-state index in [1.165, 1.54) is 6.92 Å². The minimum Gasteiger partial charge on any atom is -0.282 e. The number of halogens is 4. The van der Waals surface area contributed by atoms with Crippen molar-refractivity contribution < 1.29 is 30.5 Å². The molecule has 2 unspecified atom stereocenters. The highest BCUT2D eigenvalue weighted by Crippen LogP contribution is 2.39. The van der Waals surface area contributed by atoms with E-state index >= 15 is 0 Å². The van der Waals surface area contributed by atoms with Gasteiger partial charge in [0, 0.05) is 5.57 Å². The normalized spacial score (nSPS) is 27.6. The van der Waals surface area contributed by atoms with Crippen molar-refractivity contribution in [3.8, 4) is 0 Å². The smallest absolute Gasteiger partial charge is 0.282 e. The quantitative estimate of drug-likeness (QED) is 0.612. The Morgan fingerprint density at radius 1 is 1.19 bits per heavy atom. The fraction of sp³-hybridized carbons (Fsp3) is 0.500. The van der Waals surface area contributed by atoms with Crippen LogP contribution >= 0.6 is 0 Å². The molecular formula is C8H8F4O3S. The summed E-state index contributed by atoms with van der Waals surface area (Å²) in [4.78, 5) is -1.89. The van der Waals surface area contributed by atoms with Gasteiger partial charge < -0.3 is 0 Å². The minimum atomic E-state index is -5.31. The Morgan fingerprint density at radius 3 is 2.06 bits per heavy atom. The third kappa shape index (κ3) is 1.99. The fourth-order valence-corrected chi connectivity index (χ4v) is 2.13. The summed E-state index contributed by atoms with van der Waals surface area (Å²) >= 11 is 0. The maximum atomic E-state index is 13.2. The second-order valence-corrected chi connectivity index (χ2v) is 4.54. The monoisotopic (exact) mass is 260 g/mol. The van der Waals surface area contributed by atoms with E-state index in [9.17, 15) is 26.0 Å². The van der Waals surface area contributed by atoms with Gasteiger partial charge in [0.05, 0.1) is 0 Å². The van der Waals surface area contributed by atoms with Crippen LogP contribution in [0, 0.1) is 0 Å². The van der Waals surface area contributed by atoms with Gasteiger partial charge in [0.25, 0.3) is 10.1 Å². The summed E-state index contributed by atoms with van der Waals surface area (Å²) < 4.78 is 82.2. The van der Waals surface area contributed by atoms with Crippen LogP contribution in [0.3, 0.4) is 0 Å². The molecule has 1 N–H and O–H groups in total. The molecule has 1 rings (SSSR count). The molecule has 0 saturated heterocycles. The first kappa shape index (κ1) is 13.2. The lowest BCUT2D eigenvalue weighted by Crippen LogP contribution is -2.31. The standard InChI is InChI=1S/C8H8F4O3S/c1-2-3-4(9)6(11)8(16(13,14)15)7(12)5(3)10/h4,6H,2H2,1H3,(H,13,14,15). The van der Waals surface area contributed by atoms with Gasteiger partial charge in [-0.1, -0.05) is 6.92 Å². The van der Waals surface area contributed by atoms with Crippen molar-refractivity contribution >= 4 is 10.1 Å². The molecule has 0 aromatic heterocycles. The topological polar surface area (TPSA) is 54.4 Å². The fourth-order valence-electron chi connectivity index (χ4n) is 1.41. The van der Waals surface area contributed by atoms with Crippen LogP contribution in [0.1, 0.15) is 13.3 Å². The molecule has 0 saturated carbocycles. The van der Waals surface area contributed by atoms with E-state index in [4.69, 9.17) is 4.55 Å². The van der Waals surface area contributed by atoms with Gasteiger partial charge in [-0.05, 0) is 6.42 Å². The zero-order valence-electron chi connectivity index (χ0n) is 8.05. The van der Waals surface area contributed by atoms with Gasteiger partial charge in [0.1, 0.15) is 4.91 Å². The van der Waals surface area contributed by atoms with Gasteiger partial charge in [-0.25, -0.2) is 17.6 Å². The summed E-state index contributed by atoms with van der Waals surface area (Å²) in [7, 11) is -5.31. The highest BCUT2D eigenvalue weighted by atomic mass is 32.2. The van der Waals surface area contributed by atoms with Crippen LogP contribution in [-0.2, 0) is 10.1 Å². The predicted molar refractivity (Wildman–Crippen MR) is 47.9 cm³/mol.